The number of carbonyl (C=O) groups excluding carboxylic acids is 1. The second-order valence-electron chi connectivity index (χ2n) is 5.49. The molecule has 0 aromatic heterocycles. The summed E-state index contributed by atoms with van der Waals surface area (Å²) in [5.74, 6) is 0.0472. The molecular weight excluding hydrogens is 310 g/mol. The van der Waals surface area contributed by atoms with Crippen molar-refractivity contribution < 1.29 is 24.2 Å². The van der Waals surface area contributed by atoms with Crippen LogP contribution in [-0.2, 0) is 9.59 Å². The Balaban J connectivity index is 1.74. The van der Waals surface area contributed by atoms with Gasteiger partial charge in [0.15, 0.2) is 11.5 Å². The summed E-state index contributed by atoms with van der Waals surface area (Å²) in [5.41, 5.74) is 0.663. The van der Waals surface area contributed by atoms with E-state index in [2.05, 4.69) is 0 Å². The number of anilines is 1. The molecule has 3 rings (SSSR count). The van der Waals surface area contributed by atoms with Crippen molar-refractivity contribution in [1.82, 2.24) is 0 Å². The highest BCUT2D eigenvalue weighted by molar-refractivity contribution is 5.99. The lowest BCUT2D eigenvalue weighted by molar-refractivity contribution is -0.141. The smallest absolute Gasteiger partial charge is 0.308 e. The molecule has 6 heteroatoms. The molecule has 1 aliphatic rings. The zero-order valence-corrected chi connectivity index (χ0v) is 13.1. The molecule has 6 nitrogen and oxygen atoms in total. The maximum absolute atomic E-state index is 12.0. The number of amides is 1. The molecule has 1 aliphatic heterocycles. The Hall–Kier alpha value is -3.02. The van der Waals surface area contributed by atoms with Crippen molar-refractivity contribution in [2.75, 3.05) is 18.6 Å². The van der Waals surface area contributed by atoms with Crippen LogP contribution in [0.1, 0.15) is 6.42 Å². The van der Waals surface area contributed by atoms with Crippen LogP contribution in [0.25, 0.3) is 0 Å². The van der Waals surface area contributed by atoms with Crippen molar-refractivity contribution in [3.05, 3.63) is 48.5 Å². The predicted molar refractivity (Wildman–Crippen MR) is 87.6 cm³/mol. The number of ether oxygens (including phenoxy) is 2. The Kier molecular flexibility index (Phi) is 4.37. The molecule has 24 heavy (non-hydrogen) atoms. The fourth-order valence-corrected chi connectivity index (χ4v) is 2.65. The lowest BCUT2D eigenvalue weighted by atomic mass is 10.1. The van der Waals surface area contributed by atoms with Crippen LogP contribution >= 0.6 is 0 Å². The first kappa shape index (κ1) is 15.9. The Labute approximate surface area is 139 Å². The Bertz CT molecular complexity index is 756. The van der Waals surface area contributed by atoms with E-state index < -0.39 is 11.9 Å². The van der Waals surface area contributed by atoms with Gasteiger partial charge in [0.1, 0.15) is 5.75 Å². The van der Waals surface area contributed by atoms with E-state index in [1.54, 1.807) is 43.5 Å². The fourth-order valence-electron chi connectivity index (χ4n) is 2.65. The van der Waals surface area contributed by atoms with Crippen molar-refractivity contribution in [1.29, 1.82) is 0 Å². The first-order chi connectivity index (χ1) is 11.6. The average molecular weight is 327 g/mol. The summed E-state index contributed by atoms with van der Waals surface area (Å²) in [4.78, 5) is 24.5. The Morgan fingerprint density at radius 3 is 2.38 bits per heavy atom. The molecule has 1 heterocycles. The number of aliphatic carboxylic acids is 1. The van der Waals surface area contributed by atoms with Crippen LogP contribution in [-0.4, -0.2) is 30.6 Å². The maximum atomic E-state index is 12.0. The zero-order chi connectivity index (χ0) is 17.1. The minimum Gasteiger partial charge on any atom is -0.493 e. The van der Waals surface area contributed by atoms with Gasteiger partial charge in [-0.05, 0) is 36.4 Å². The molecule has 1 amide bonds. The molecule has 0 aliphatic carbocycles. The van der Waals surface area contributed by atoms with Gasteiger partial charge < -0.3 is 19.5 Å². The molecule has 1 N–H and O–H groups in total. The summed E-state index contributed by atoms with van der Waals surface area (Å²) < 4.78 is 11.0. The lowest BCUT2D eigenvalue weighted by Crippen LogP contribution is -2.25. The molecule has 1 atom stereocenters. The quantitative estimate of drug-likeness (QED) is 0.914. The number of methoxy groups -OCH3 is 1. The Morgan fingerprint density at radius 2 is 1.79 bits per heavy atom. The number of hydrogen-bond acceptors (Lipinski definition) is 4. The van der Waals surface area contributed by atoms with Crippen molar-refractivity contribution in [2.45, 2.75) is 6.42 Å². The van der Waals surface area contributed by atoms with Crippen LogP contribution < -0.4 is 14.4 Å². The van der Waals surface area contributed by atoms with Crippen LogP contribution in [0.4, 0.5) is 5.69 Å². The van der Waals surface area contributed by atoms with Gasteiger partial charge in [-0.25, -0.2) is 0 Å². The third-order valence-corrected chi connectivity index (χ3v) is 3.92. The summed E-state index contributed by atoms with van der Waals surface area (Å²) in [5, 5.41) is 9.04. The molecule has 124 valence electrons. The van der Waals surface area contributed by atoms with Gasteiger partial charge in [-0.15, -0.1) is 0 Å². The summed E-state index contributed by atoms with van der Waals surface area (Å²) in [6, 6.07) is 14.3. The number of nitrogens with zero attached hydrogens (tertiary/aromatic N) is 1. The van der Waals surface area contributed by atoms with E-state index in [0.29, 0.717) is 22.9 Å². The summed E-state index contributed by atoms with van der Waals surface area (Å²) >= 11 is 0. The highest BCUT2D eigenvalue weighted by Gasteiger charge is 2.34. The van der Waals surface area contributed by atoms with Crippen molar-refractivity contribution in [3.8, 4) is 17.2 Å². The van der Waals surface area contributed by atoms with Crippen LogP contribution in [0.2, 0.25) is 0 Å². The minimum absolute atomic E-state index is 0.0365. The van der Waals surface area contributed by atoms with Crippen LogP contribution in [0, 0.1) is 5.92 Å². The minimum atomic E-state index is -0.943. The molecule has 0 radical (unpaired) electrons. The van der Waals surface area contributed by atoms with Crippen LogP contribution in [0.3, 0.4) is 0 Å². The zero-order valence-electron chi connectivity index (χ0n) is 13.1. The van der Waals surface area contributed by atoms with Crippen LogP contribution in [0.15, 0.2) is 48.5 Å². The normalized spacial score (nSPS) is 17.0. The van der Waals surface area contributed by atoms with Gasteiger partial charge in [-0.3, -0.25) is 9.59 Å². The monoisotopic (exact) mass is 327 g/mol. The third kappa shape index (κ3) is 3.17. The van der Waals surface area contributed by atoms with Gasteiger partial charge in [0.05, 0.1) is 13.0 Å². The molecule has 2 aromatic rings. The van der Waals surface area contributed by atoms with Gasteiger partial charge in [0.25, 0.3) is 0 Å². The number of rotatable bonds is 5. The van der Waals surface area contributed by atoms with E-state index in [9.17, 15) is 9.59 Å². The van der Waals surface area contributed by atoms with Crippen molar-refractivity contribution in [2.24, 2.45) is 5.92 Å². The SMILES string of the molecule is COc1ccccc1Oc1ccc(N2CC(C(=O)O)CC2=O)cc1. The first-order valence-electron chi connectivity index (χ1n) is 7.52. The molecule has 2 aromatic carbocycles. The third-order valence-electron chi connectivity index (χ3n) is 3.92. The Morgan fingerprint density at radius 1 is 1.12 bits per heavy atom. The van der Waals surface area contributed by atoms with Gasteiger partial charge in [-0.2, -0.15) is 0 Å². The average Bonchev–Trinajstić information content (AvgIpc) is 2.98. The number of carboxylic acids is 1. The van der Waals surface area contributed by atoms with E-state index in [4.69, 9.17) is 14.6 Å². The molecule has 0 spiro atoms. The molecule has 1 saturated heterocycles. The van der Waals surface area contributed by atoms with Gasteiger partial charge in [0, 0.05) is 18.7 Å². The topological polar surface area (TPSA) is 76.1 Å². The van der Waals surface area contributed by atoms with Crippen molar-refractivity contribution >= 4 is 17.6 Å². The van der Waals surface area contributed by atoms with E-state index in [1.165, 1.54) is 4.90 Å². The molecular formula is C18H17NO5. The molecule has 1 fully saturated rings. The largest absolute Gasteiger partial charge is 0.493 e. The lowest BCUT2D eigenvalue weighted by Gasteiger charge is -2.17. The second-order valence-corrected chi connectivity index (χ2v) is 5.49. The number of para-hydroxylation sites is 2. The molecule has 1 unspecified atom stereocenters. The summed E-state index contributed by atoms with van der Waals surface area (Å²) in [6.45, 7) is 0.195. The highest BCUT2D eigenvalue weighted by atomic mass is 16.5. The number of carboxylic acid groups (broad SMARTS) is 1. The second kappa shape index (κ2) is 6.62. The van der Waals surface area contributed by atoms with Gasteiger partial charge in [-0.1, -0.05) is 12.1 Å². The predicted octanol–water partition coefficient (Wildman–Crippen LogP) is 2.93. The number of hydrogen-bond donors (Lipinski definition) is 1. The van der Waals surface area contributed by atoms with Crippen molar-refractivity contribution in [3.63, 3.8) is 0 Å². The first-order valence-corrected chi connectivity index (χ1v) is 7.52. The van der Waals surface area contributed by atoms with E-state index in [0.717, 1.165) is 0 Å². The maximum Gasteiger partial charge on any atom is 0.308 e. The highest BCUT2D eigenvalue weighted by Crippen LogP contribution is 2.32. The summed E-state index contributed by atoms with van der Waals surface area (Å²) in [6.07, 6.45) is 0.0365. The standard InChI is InChI=1S/C18H17NO5/c1-23-15-4-2-3-5-16(15)24-14-8-6-13(7-9-14)19-11-12(18(21)22)10-17(19)20/h2-9,12H,10-11H2,1H3,(H,21,22). The number of benzene rings is 2. The fraction of sp³-hybridized carbons (Fsp3) is 0.222. The van der Waals surface area contributed by atoms with Gasteiger partial charge in [0.2, 0.25) is 5.91 Å². The van der Waals surface area contributed by atoms with Crippen LogP contribution in [0.5, 0.6) is 17.2 Å². The summed E-state index contributed by atoms with van der Waals surface area (Å²) in [7, 11) is 1.57. The van der Waals surface area contributed by atoms with E-state index in [1.807, 2.05) is 12.1 Å². The molecule has 0 bridgehead atoms. The van der Waals surface area contributed by atoms with Gasteiger partial charge >= 0.3 is 5.97 Å². The number of carbonyl (C=O) groups is 2. The van der Waals surface area contributed by atoms with E-state index >= 15 is 0 Å². The molecule has 0 saturated carbocycles. The van der Waals surface area contributed by atoms with E-state index in [-0.39, 0.29) is 18.9 Å².